The first-order valence-corrected chi connectivity index (χ1v) is 7.15. The number of phenolic OH excluding ortho intramolecular Hbond substituents is 1. The number of carbonyl (C=O) groups is 1. The number of nitrogens with zero attached hydrogens (tertiary/aromatic N) is 3. The van der Waals surface area contributed by atoms with Gasteiger partial charge in [0.05, 0.1) is 11.0 Å². The summed E-state index contributed by atoms with van der Waals surface area (Å²) in [7, 11) is 0. The molecule has 0 unspecified atom stereocenters. The zero-order valence-electron chi connectivity index (χ0n) is 13.0. The highest BCUT2D eigenvalue weighted by Gasteiger charge is 2.20. The van der Waals surface area contributed by atoms with Crippen LogP contribution in [0.5, 0.6) is 5.75 Å². The van der Waals surface area contributed by atoms with E-state index >= 15 is 0 Å². The molecule has 0 aliphatic carbocycles. The minimum atomic E-state index is -0.844. The molecule has 0 radical (unpaired) electrons. The van der Waals surface area contributed by atoms with Gasteiger partial charge in [-0.3, -0.25) is 14.9 Å². The Hall–Kier alpha value is -3.28. The number of carbonyl (C=O) groups excluding carboxylic acids is 1. The first kappa shape index (κ1) is 18.8. The number of likely N-dealkylation sites (N-methyl/N-ethyl adjacent to an activating group) is 1. The van der Waals surface area contributed by atoms with Crippen molar-refractivity contribution >= 4 is 23.4 Å². The maximum atomic E-state index is 12.1. The number of amides is 1. The average Bonchev–Trinajstić information content (AvgIpc) is 2.55. The molecule has 1 rings (SSSR count). The van der Waals surface area contributed by atoms with Gasteiger partial charge in [0.25, 0.3) is 0 Å². The standard InChI is InChI=1S/C15H16N4O5/c1-2-17-15(21)11(5-3-4-6-16)7-10-8-12(18-22)14(20)13(9-10)19(23)24/h7-9,20H,2-5H2,1H3,(H,17,21)/b11-7+. The number of nitroso groups, excluding NO2 is 1. The summed E-state index contributed by atoms with van der Waals surface area (Å²) in [4.78, 5) is 32.9. The summed E-state index contributed by atoms with van der Waals surface area (Å²) in [6, 6.07) is 4.17. The summed E-state index contributed by atoms with van der Waals surface area (Å²) in [6.07, 6.45) is 2.37. The first-order chi connectivity index (χ1) is 11.4. The Morgan fingerprint density at radius 1 is 1.54 bits per heavy atom. The Balaban J connectivity index is 3.31. The van der Waals surface area contributed by atoms with Crippen LogP contribution in [0.25, 0.3) is 6.08 Å². The zero-order chi connectivity index (χ0) is 18.1. The molecule has 0 fully saturated rings. The summed E-state index contributed by atoms with van der Waals surface area (Å²) in [6.45, 7) is 2.13. The topological polar surface area (TPSA) is 146 Å². The van der Waals surface area contributed by atoms with Crippen LogP contribution in [-0.4, -0.2) is 22.5 Å². The maximum absolute atomic E-state index is 12.1. The van der Waals surface area contributed by atoms with Crippen molar-refractivity contribution in [3.8, 4) is 11.8 Å². The molecule has 1 aromatic rings. The first-order valence-electron chi connectivity index (χ1n) is 7.15. The van der Waals surface area contributed by atoms with Crippen molar-refractivity contribution in [2.75, 3.05) is 6.54 Å². The summed E-state index contributed by atoms with van der Waals surface area (Å²) in [5.74, 6) is -1.19. The van der Waals surface area contributed by atoms with Crippen LogP contribution in [0.4, 0.5) is 11.4 Å². The Morgan fingerprint density at radius 2 is 2.25 bits per heavy atom. The highest BCUT2D eigenvalue weighted by atomic mass is 16.6. The van der Waals surface area contributed by atoms with E-state index in [1.165, 1.54) is 6.08 Å². The third-order valence-electron chi connectivity index (χ3n) is 3.09. The summed E-state index contributed by atoms with van der Waals surface area (Å²) in [5, 5.41) is 34.3. The van der Waals surface area contributed by atoms with Gasteiger partial charge >= 0.3 is 5.69 Å². The molecule has 2 N–H and O–H groups in total. The molecule has 0 atom stereocenters. The number of rotatable bonds is 8. The largest absolute Gasteiger partial charge is 0.501 e. The van der Waals surface area contributed by atoms with Crippen molar-refractivity contribution in [3.63, 3.8) is 0 Å². The van der Waals surface area contributed by atoms with Crippen LogP contribution in [-0.2, 0) is 4.79 Å². The number of benzene rings is 1. The van der Waals surface area contributed by atoms with Gasteiger partial charge < -0.3 is 10.4 Å². The van der Waals surface area contributed by atoms with Gasteiger partial charge in [-0.15, -0.1) is 4.91 Å². The van der Waals surface area contributed by atoms with Crippen LogP contribution in [0.15, 0.2) is 22.9 Å². The fraction of sp³-hybridized carbons (Fsp3) is 0.333. The zero-order valence-corrected chi connectivity index (χ0v) is 13.0. The monoisotopic (exact) mass is 332 g/mol. The van der Waals surface area contributed by atoms with E-state index in [1.54, 1.807) is 6.92 Å². The Kier molecular flexibility index (Phi) is 7.03. The van der Waals surface area contributed by atoms with Gasteiger partial charge in [0.1, 0.15) is 0 Å². The van der Waals surface area contributed by atoms with E-state index < -0.39 is 22.0 Å². The number of phenols is 1. The van der Waals surface area contributed by atoms with Crippen LogP contribution >= 0.6 is 0 Å². The molecule has 0 bridgehead atoms. The van der Waals surface area contributed by atoms with E-state index in [0.717, 1.165) is 12.1 Å². The lowest BCUT2D eigenvalue weighted by atomic mass is 10.0. The van der Waals surface area contributed by atoms with E-state index in [0.29, 0.717) is 18.5 Å². The third kappa shape index (κ3) is 4.88. The fourth-order valence-corrected chi connectivity index (χ4v) is 2.00. The lowest BCUT2D eigenvalue weighted by Crippen LogP contribution is -2.24. The molecule has 9 nitrogen and oxygen atoms in total. The summed E-state index contributed by atoms with van der Waals surface area (Å²) < 4.78 is 0. The summed E-state index contributed by atoms with van der Waals surface area (Å²) >= 11 is 0. The SMILES string of the molecule is CCNC(=O)/C(=C/c1cc(N=O)c(O)c([N+](=O)[O-])c1)CCCC#N. The van der Waals surface area contributed by atoms with Gasteiger partial charge in [0.15, 0.2) is 5.69 Å². The number of nitriles is 1. The van der Waals surface area contributed by atoms with E-state index in [1.807, 2.05) is 6.07 Å². The van der Waals surface area contributed by atoms with E-state index in [2.05, 4.69) is 10.5 Å². The van der Waals surface area contributed by atoms with Crippen molar-refractivity contribution < 1.29 is 14.8 Å². The van der Waals surface area contributed by atoms with Crippen molar-refractivity contribution in [1.82, 2.24) is 5.32 Å². The Morgan fingerprint density at radius 3 is 2.79 bits per heavy atom. The van der Waals surface area contributed by atoms with Crippen LogP contribution in [0.2, 0.25) is 0 Å². The van der Waals surface area contributed by atoms with Crippen molar-refractivity contribution in [2.24, 2.45) is 5.18 Å². The van der Waals surface area contributed by atoms with E-state index in [-0.39, 0.29) is 24.3 Å². The molecule has 0 spiro atoms. The maximum Gasteiger partial charge on any atom is 0.313 e. The van der Waals surface area contributed by atoms with Crippen molar-refractivity contribution in [1.29, 1.82) is 5.26 Å². The molecule has 0 aliphatic rings. The molecular formula is C15H16N4O5. The predicted octanol–water partition coefficient (Wildman–Crippen LogP) is 2.91. The fourth-order valence-electron chi connectivity index (χ4n) is 2.00. The highest BCUT2D eigenvalue weighted by molar-refractivity contribution is 5.98. The molecule has 0 heterocycles. The normalized spacial score (nSPS) is 10.8. The lowest BCUT2D eigenvalue weighted by Gasteiger charge is -2.07. The highest BCUT2D eigenvalue weighted by Crippen LogP contribution is 2.37. The molecule has 9 heteroatoms. The van der Waals surface area contributed by atoms with E-state index in [9.17, 15) is 24.9 Å². The molecule has 0 aliphatic heterocycles. The molecule has 1 amide bonds. The minimum Gasteiger partial charge on any atom is -0.501 e. The second-order valence-electron chi connectivity index (χ2n) is 4.80. The molecule has 0 saturated carbocycles. The number of nitro benzene ring substituents is 1. The number of unbranched alkanes of at least 4 members (excludes halogenated alkanes) is 1. The molecule has 0 saturated heterocycles. The van der Waals surface area contributed by atoms with Crippen LogP contribution in [0.3, 0.4) is 0 Å². The molecule has 1 aromatic carbocycles. The molecule has 0 aromatic heterocycles. The van der Waals surface area contributed by atoms with Crippen molar-refractivity contribution in [3.05, 3.63) is 38.3 Å². The quantitative estimate of drug-likeness (QED) is 0.246. The second-order valence-corrected chi connectivity index (χ2v) is 4.80. The summed E-state index contributed by atoms with van der Waals surface area (Å²) in [5.41, 5.74) is -0.662. The van der Waals surface area contributed by atoms with Gasteiger partial charge in [-0.25, -0.2) is 0 Å². The van der Waals surface area contributed by atoms with Crippen molar-refractivity contribution in [2.45, 2.75) is 26.2 Å². The molecule has 24 heavy (non-hydrogen) atoms. The second kappa shape index (κ2) is 8.99. The molecule has 126 valence electrons. The molecular weight excluding hydrogens is 316 g/mol. The van der Waals surface area contributed by atoms with Crippen LogP contribution in [0, 0.1) is 26.4 Å². The van der Waals surface area contributed by atoms with Crippen LogP contribution in [0.1, 0.15) is 31.7 Å². The third-order valence-corrected chi connectivity index (χ3v) is 3.09. The number of aromatic hydroxyl groups is 1. The Bertz CT molecular complexity index is 721. The van der Waals surface area contributed by atoms with Gasteiger partial charge in [-0.05, 0) is 42.6 Å². The van der Waals surface area contributed by atoms with Gasteiger partial charge in [-0.2, -0.15) is 5.26 Å². The minimum absolute atomic E-state index is 0.187. The average molecular weight is 332 g/mol. The number of hydrogen-bond donors (Lipinski definition) is 2. The van der Waals surface area contributed by atoms with Crippen LogP contribution < -0.4 is 5.32 Å². The smallest absolute Gasteiger partial charge is 0.313 e. The van der Waals surface area contributed by atoms with Gasteiger partial charge in [0.2, 0.25) is 11.7 Å². The van der Waals surface area contributed by atoms with Gasteiger partial charge in [-0.1, -0.05) is 0 Å². The number of nitrogens with one attached hydrogen (secondary N) is 1. The lowest BCUT2D eigenvalue weighted by molar-refractivity contribution is -0.385. The number of hydrogen-bond acceptors (Lipinski definition) is 7. The van der Waals surface area contributed by atoms with E-state index in [4.69, 9.17) is 5.26 Å². The van der Waals surface area contributed by atoms with Gasteiger partial charge in [0, 0.05) is 24.6 Å². The Labute approximate surface area is 137 Å². The predicted molar refractivity (Wildman–Crippen MR) is 86.3 cm³/mol. The number of nitro groups is 1.